The van der Waals surface area contributed by atoms with Crippen molar-refractivity contribution in [3.05, 3.63) is 23.8 Å². The largest absolute Gasteiger partial charge is 0.418 e. The Morgan fingerprint density at radius 2 is 2.00 bits per heavy atom. The number of nitrogen functional groups attached to an aromatic ring is 1. The Hall–Kier alpha value is -1.43. The molecule has 0 unspecified atom stereocenters. The summed E-state index contributed by atoms with van der Waals surface area (Å²) in [6.07, 6.45) is -3.29. The average molecular weight is 260 g/mol. The van der Waals surface area contributed by atoms with E-state index in [1.165, 1.54) is 12.1 Å². The Kier molecular flexibility index (Phi) is 3.38. The van der Waals surface area contributed by atoms with Gasteiger partial charge in [-0.3, -0.25) is 0 Å². The van der Waals surface area contributed by atoms with Crippen LogP contribution in [0.5, 0.6) is 0 Å². The van der Waals surface area contributed by atoms with Crippen LogP contribution in [-0.4, -0.2) is 17.8 Å². The number of nitrogens with two attached hydrogens (primary N) is 1. The maximum absolute atomic E-state index is 12.6. The molecule has 0 spiro atoms. The van der Waals surface area contributed by atoms with Crippen molar-refractivity contribution in [3.63, 3.8) is 0 Å². The molecule has 0 aromatic heterocycles. The molecule has 2 rings (SSSR count). The van der Waals surface area contributed by atoms with Gasteiger partial charge < -0.3 is 16.2 Å². The summed E-state index contributed by atoms with van der Waals surface area (Å²) in [6.45, 7) is 0.568. The fourth-order valence-corrected chi connectivity index (χ4v) is 2.04. The standard InChI is InChI=1S/C12H15F3N2O/c13-12(14,15)10-5-8(1-2-11(10)16)17-6-7-3-9(18)4-7/h1-2,5,7,9,17-18H,3-4,6,16H2. The van der Waals surface area contributed by atoms with Gasteiger partial charge in [-0.15, -0.1) is 0 Å². The molecular weight excluding hydrogens is 245 g/mol. The molecule has 0 heterocycles. The number of anilines is 2. The lowest BCUT2D eigenvalue weighted by Crippen LogP contribution is -2.33. The van der Waals surface area contributed by atoms with Gasteiger partial charge in [-0.25, -0.2) is 0 Å². The highest BCUT2D eigenvalue weighted by atomic mass is 19.4. The number of hydrogen-bond acceptors (Lipinski definition) is 3. The maximum atomic E-state index is 12.6. The smallest absolute Gasteiger partial charge is 0.398 e. The average Bonchev–Trinajstić information content (AvgIpc) is 2.23. The molecular formula is C12H15F3N2O. The van der Waals surface area contributed by atoms with Crippen molar-refractivity contribution >= 4 is 11.4 Å². The monoisotopic (exact) mass is 260 g/mol. The lowest BCUT2D eigenvalue weighted by atomic mass is 9.82. The van der Waals surface area contributed by atoms with Crippen molar-refractivity contribution < 1.29 is 18.3 Å². The van der Waals surface area contributed by atoms with E-state index < -0.39 is 11.7 Å². The topological polar surface area (TPSA) is 58.3 Å². The molecule has 100 valence electrons. The first-order valence-electron chi connectivity index (χ1n) is 5.75. The molecule has 4 N–H and O–H groups in total. The molecule has 0 saturated heterocycles. The Labute approximate surface area is 103 Å². The van der Waals surface area contributed by atoms with Crippen LogP contribution in [0.15, 0.2) is 18.2 Å². The summed E-state index contributed by atoms with van der Waals surface area (Å²) in [7, 11) is 0. The van der Waals surface area contributed by atoms with Gasteiger partial charge in [0.2, 0.25) is 0 Å². The highest BCUT2D eigenvalue weighted by Crippen LogP contribution is 2.35. The Morgan fingerprint density at radius 1 is 1.33 bits per heavy atom. The van der Waals surface area contributed by atoms with Crippen molar-refractivity contribution in [3.8, 4) is 0 Å². The van der Waals surface area contributed by atoms with Crippen LogP contribution in [0.1, 0.15) is 18.4 Å². The number of nitrogens with one attached hydrogen (secondary N) is 1. The van der Waals surface area contributed by atoms with Gasteiger partial charge in [0.1, 0.15) is 0 Å². The third kappa shape index (κ3) is 2.87. The molecule has 1 aromatic rings. The zero-order valence-corrected chi connectivity index (χ0v) is 9.67. The predicted octanol–water partition coefficient (Wildman–Crippen LogP) is 2.47. The summed E-state index contributed by atoms with van der Waals surface area (Å²) >= 11 is 0. The van der Waals surface area contributed by atoms with E-state index in [9.17, 15) is 13.2 Å². The highest BCUT2D eigenvalue weighted by molar-refractivity contribution is 5.58. The normalized spacial score (nSPS) is 23.6. The minimum atomic E-state index is -4.44. The van der Waals surface area contributed by atoms with E-state index in [0.717, 1.165) is 6.07 Å². The van der Waals surface area contributed by atoms with E-state index in [2.05, 4.69) is 5.32 Å². The number of rotatable bonds is 3. The Bertz CT molecular complexity index is 428. The first-order chi connectivity index (χ1) is 8.36. The van der Waals surface area contributed by atoms with Crippen molar-refractivity contribution in [1.29, 1.82) is 0 Å². The summed E-state index contributed by atoms with van der Waals surface area (Å²) in [4.78, 5) is 0. The fourth-order valence-electron chi connectivity index (χ4n) is 2.04. The zero-order chi connectivity index (χ0) is 13.3. The summed E-state index contributed by atoms with van der Waals surface area (Å²) in [6, 6.07) is 3.80. The quantitative estimate of drug-likeness (QED) is 0.732. The van der Waals surface area contributed by atoms with Crippen LogP contribution in [-0.2, 0) is 6.18 Å². The number of aliphatic hydroxyl groups excluding tert-OH is 1. The molecule has 1 aliphatic rings. The van der Waals surface area contributed by atoms with Crippen LogP contribution in [0.4, 0.5) is 24.5 Å². The van der Waals surface area contributed by atoms with E-state index >= 15 is 0 Å². The van der Waals surface area contributed by atoms with Gasteiger partial charge in [0.15, 0.2) is 0 Å². The van der Waals surface area contributed by atoms with Gasteiger partial charge >= 0.3 is 6.18 Å². The van der Waals surface area contributed by atoms with Crippen LogP contribution in [0.3, 0.4) is 0 Å². The first-order valence-corrected chi connectivity index (χ1v) is 5.75. The summed E-state index contributed by atoms with van der Waals surface area (Å²) in [5, 5.41) is 12.0. The van der Waals surface area contributed by atoms with Crippen LogP contribution < -0.4 is 11.1 Å². The van der Waals surface area contributed by atoms with Crippen LogP contribution in [0, 0.1) is 5.92 Å². The molecule has 1 aromatic carbocycles. The van der Waals surface area contributed by atoms with Crippen LogP contribution >= 0.6 is 0 Å². The SMILES string of the molecule is Nc1ccc(NCC2CC(O)C2)cc1C(F)(F)F. The second-order valence-electron chi connectivity index (χ2n) is 4.67. The van der Waals surface area contributed by atoms with Crippen LogP contribution in [0.2, 0.25) is 0 Å². The van der Waals surface area contributed by atoms with E-state index in [1.807, 2.05) is 0 Å². The highest BCUT2D eigenvalue weighted by Gasteiger charge is 2.33. The van der Waals surface area contributed by atoms with Gasteiger partial charge in [0.25, 0.3) is 0 Å². The maximum Gasteiger partial charge on any atom is 0.418 e. The van der Waals surface area contributed by atoms with Gasteiger partial charge in [0, 0.05) is 17.9 Å². The predicted molar refractivity (Wildman–Crippen MR) is 63.1 cm³/mol. The van der Waals surface area contributed by atoms with Gasteiger partial charge in [-0.2, -0.15) is 13.2 Å². The van der Waals surface area contributed by atoms with Crippen molar-refractivity contribution in [2.75, 3.05) is 17.6 Å². The molecule has 1 saturated carbocycles. The molecule has 0 amide bonds. The summed E-state index contributed by atoms with van der Waals surface area (Å²) in [5.41, 5.74) is 4.62. The summed E-state index contributed by atoms with van der Waals surface area (Å²) < 4.78 is 37.8. The molecule has 1 fully saturated rings. The molecule has 0 atom stereocenters. The minimum absolute atomic E-state index is 0.256. The lowest BCUT2D eigenvalue weighted by Gasteiger charge is -2.31. The third-order valence-electron chi connectivity index (χ3n) is 3.16. The zero-order valence-electron chi connectivity index (χ0n) is 9.67. The van der Waals surface area contributed by atoms with Crippen molar-refractivity contribution in [1.82, 2.24) is 0 Å². The van der Waals surface area contributed by atoms with E-state index in [-0.39, 0.29) is 11.8 Å². The minimum Gasteiger partial charge on any atom is -0.398 e. The third-order valence-corrected chi connectivity index (χ3v) is 3.16. The second kappa shape index (κ2) is 4.68. The molecule has 0 radical (unpaired) electrons. The van der Waals surface area contributed by atoms with E-state index in [1.54, 1.807) is 0 Å². The number of hydrogen-bond donors (Lipinski definition) is 3. The number of benzene rings is 1. The van der Waals surface area contributed by atoms with E-state index in [4.69, 9.17) is 10.8 Å². The molecule has 0 aliphatic heterocycles. The molecule has 1 aliphatic carbocycles. The Balaban J connectivity index is 2.01. The first kappa shape index (κ1) is 13.0. The summed E-state index contributed by atoms with van der Waals surface area (Å²) in [5.74, 6) is 0.326. The van der Waals surface area contributed by atoms with Gasteiger partial charge in [0.05, 0.1) is 11.7 Å². The fraction of sp³-hybridized carbons (Fsp3) is 0.500. The van der Waals surface area contributed by atoms with E-state index in [0.29, 0.717) is 31.0 Å². The lowest BCUT2D eigenvalue weighted by molar-refractivity contribution is -0.136. The number of alkyl halides is 3. The van der Waals surface area contributed by atoms with Gasteiger partial charge in [-0.05, 0) is 37.0 Å². The number of aliphatic hydroxyl groups is 1. The molecule has 6 heteroatoms. The molecule has 18 heavy (non-hydrogen) atoms. The van der Waals surface area contributed by atoms with Crippen molar-refractivity contribution in [2.45, 2.75) is 25.1 Å². The second-order valence-corrected chi connectivity index (χ2v) is 4.67. The molecule has 0 bridgehead atoms. The Morgan fingerprint density at radius 3 is 2.56 bits per heavy atom. The van der Waals surface area contributed by atoms with Gasteiger partial charge in [-0.1, -0.05) is 0 Å². The van der Waals surface area contributed by atoms with Crippen LogP contribution in [0.25, 0.3) is 0 Å². The molecule has 3 nitrogen and oxygen atoms in total. The number of halogens is 3. The van der Waals surface area contributed by atoms with Crippen molar-refractivity contribution in [2.24, 2.45) is 5.92 Å².